The summed E-state index contributed by atoms with van der Waals surface area (Å²) in [6.07, 6.45) is 0. The number of para-hydroxylation sites is 1. The summed E-state index contributed by atoms with van der Waals surface area (Å²) in [4.78, 5) is 32.2. The van der Waals surface area contributed by atoms with E-state index in [0.29, 0.717) is 23.6 Å². The van der Waals surface area contributed by atoms with Gasteiger partial charge in [0.2, 0.25) is 0 Å². The minimum atomic E-state index is -0.630. The van der Waals surface area contributed by atoms with E-state index in [2.05, 4.69) is 35.8 Å². The second-order valence-electron chi connectivity index (χ2n) is 7.33. The van der Waals surface area contributed by atoms with Crippen LogP contribution in [-0.2, 0) is 10.6 Å². The number of thioether (sulfide) groups is 1. The molecule has 3 amide bonds. The van der Waals surface area contributed by atoms with E-state index in [1.54, 1.807) is 60.3 Å². The zero-order valence-corrected chi connectivity index (χ0v) is 18.8. The molecule has 0 aliphatic rings. The highest BCUT2D eigenvalue weighted by atomic mass is 32.2. The summed E-state index contributed by atoms with van der Waals surface area (Å²) in [7, 11) is 0. The molecule has 0 atom stereocenters. The molecule has 166 valence electrons. The van der Waals surface area contributed by atoms with Gasteiger partial charge in [0.05, 0.1) is 12.3 Å². The van der Waals surface area contributed by atoms with Crippen molar-refractivity contribution < 1.29 is 14.4 Å². The second-order valence-corrected chi connectivity index (χ2v) is 8.44. The fourth-order valence-electron chi connectivity index (χ4n) is 3.39. The van der Waals surface area contributed by atoms with Crippen LogP contribution in [0.5, 0.6) is 0 Å². The van der Waals surface area contributed by atoms with Crippen molar-refractivity contribution in [1.82, 2.24) is 5.48 Å². The van der Waals surface area contributed by atoms with Gasteiger partial charge in [-0.3, -0.25) is 9.63 Å². The molecule has 5 nitrogen and oxygen atoms in total. The van der Waals surface area contributed by atoms with Crippen LogP contribution in [0.25, 0.3) is 10.8 Å². The monoisotopic (exact) mass is 456 g/mol. The van der Waals surface area contributed by atoms with Crippen molar-refractivity contribution in [2.75, 3.05) is 17.3 Å². The number of anilines is 1. The first-order valence-corrected chi connectivity index (χ1v) is 11.8. The van der Waals surface area contributed by atoms with Crippen LogP contribution < -0.4 is 10.4 Å². The predicted molar refractivity (Wildman–Crippen MR) is 134 cm³/mol. The molecule has 4 aromatic rings. The van der Waals surface area contributed by atoms with E-state index in [1.807, 2.05) is 24.3 Å². The lowest BCUT2D eigenvalue weighted by Gasteiger charge is -2.21. The molecule has 0 radical (unpaired) electrons. The molecule has 0 saturated heterocycles. The van der Waals surface area contributed by atoms with Gasteiger partial charge in [-0.25, -0.2) is 15.2 Å². The number of benzene rings is 4. The first-order chi connectivity index (χ1) is 16.2. The Morgan fingerprint density at radius 1 is 0.788 bits per heavy atom. The molecule has 0 heterocycles. The van der Waals surface area contributed by atoms with Gasteiger partial charge in [0.25, 0.3) is 5.91 Å². The van der Waals surface area contributed by atoms with Crippen molar-refractivity contribution >= 4 is 40.2 Å². The number of fused-ring (bicyclic) bond motifs is 1. The van der Waals surface area contributed by atoms with Crippen LogP contribution >= 0.6 is 11.8 Å². The van der Waals surface area contributed by atoms with Crippen LogP contribution in [0.2, 0.25) is 0 Å². The largest absolute Gasteiger partial charge is 0.352 e. The third kappa shape index (κ3) is 6.00. The molecule has 0 saturated carbocycles. The average molecular weight is 457 g/mol. The zero-order chi connectivity index (χ0) is 22.9. The van der Waals surface area contributed by atoms with Crippen molar-refractivity contribution in [2.45, 2.75) is 5.75 Å². The number of amides is 3. The summed E-state index contributed by atoms with van der Waals surface area (Å²) in [6, 6.07) is 31.6. The molecule has 0 fully saturated rings. The van der Waals surface area contributed by atoms with Crippen molar-refractivity contribution in [3.63, 3.8) is 0 Å². The van der Waals surface area contributed by atoms with Gasteiger partial charge in [-0.1, -0.05) is 78.9 Å². The van der Waals surface area contributed by atoms with Gasteiger partial charge >= 0.3 is 6.03 Å². The molecular weight excluding hydrogens is 432 g/mol. The Labute approximate surface area is 197 Å². The average Bonchev–Trinajstić information content (AvgIpc) is 2.87. The van der Waals surface area contributed by atoms with Gasteiger partial charge in [-0.05, 0) is 40.6 Å². The number of imide groups is 1. The number of urea groups is 1. The normalized spacial score (nSPS) is 10.7. The molecule has 0 spiro atoms. The lowest BCUT2D eigenvalue weighted by atomic mass is 10.1. The minimum absolute atomic E-state index is 0.326. The Morgan fingerprint density at radius 3 is 2.21 bits per heavy atom. The first kappa shape index (κ1) is 22.6. The van der Waals surface area contributed by atoms with Gasteiger partial charge < -0.3 is 0 Å². The summed E-state index contributed by atoms with van der Waals surface area (Å²) in [5.74, 6) is 1.13. The highest BCUT2D eigenvalue weighted by Crippen LogP contribution is 2.20. The number of hydrogen-bond donors (Lipinski definition) is 1. The van der Waals surface area contributed by atoms with Crippen LogP contribution in [0.4, 0.5) is 10.5 Å². The lowest BCUT2D eigenvalue weighted by molar-refractivity contribution is 0.0728. The molecule has 0 aromatic heterocycles. The van der Waals surface area contributed by atoms with Gasteiger partial charge in [0, 0.05) is 17.1 Å². The Hall–Kier alpha value is -3.61. The maximum Gasteiger partial charge on any atom is 0.352 e. The Kier molecular flexibility index (Phi) is 7.74. The molecule has 4 aromatic carbocycles. The standard InChI is InChI=1S/C27H24N2O3S/c30-26(23-10-3-1-4-11-23)29(25-13-5-2-6-14-25)27(31)28-32-17-18-33-20-21-15-16-22-9-7-8-12-24(22)19-21/h1-16,19H,17-18,20H2,(H,28,31). The van der Waals surface area contributed by atoms with Gasteiger partial charge in [0.1, 0.15) is 0 Å². The second kappa shape index (κ2) is 11.3. The lowest BCUT2D eigenvalue weighted by Crippen LogP contribution is -2.44. The summed E-state index contributed by atoms with van der Waals surface area (Å²) in [5.41, 5.74) is 4.54. The number of carbonyl (C=O) groups is 2. The van der Waals surface area contributed by atoms with Crippen LogP contribution in [0, 0.1) is 0 Å². The van der Waals surface area contributed by atoms with E-state index in [1.165, 1.54) is 16.3 Å². The number of hydrogen-bond acceptors (Lipinski definition) is 4. The molecule has 1 N–H and O–H groups in total. The van der Waals surface area contributed by atoms with Crippen molar-refractivity contribution in [1.29, 1.82) is 0 Å². The van der Waals surface area contributed by atoms with Crippen LogP contribution in [0.1, 0.15) is 15.9 Å². The summed E-state index contributed by atoms with van der Waals surface area (Å²) >= 11 is 1.72. The fourth-order valence-corrected chi connectivity index (χ4v) is 4.15. The van der Waals surface area contributed by atoms with Gasteiger partial charge in [-0.2, -0.15) is 11.8 Å². The molecule has 4 rings (SSSR count). The summed E-state index contributed by atoms with van der Waals surface area (Å²) in [6.45, 7) is 0.326. The highest BCUT2D eigenvalue weighted by molar-refractivity contribution is 7.98. The van der Waals surface area contributed by atoms with E-state index < -0.39 is 11.9 Å². The van der Waals surface area contributed by atoms with Crippen LogP contribution in [0.15, 0.2) is 103 Å². The fraction of sp³-hybridized carbons (Fsp3) is 0.111. The Balaban J connectivity index is 1.28. The highest BCUT2D eigenvalue weighted by Gasteiger charge is 2.24. The van der Waals surface area contributed by atoms with E-state index in [4.69, 9.17) is 4.84 Å². The number of carbonyl (C=O) groups excluding carboxylic acids is 2. The molecule has 0 unspecified atom stereocenters. The summed E-state index contributed by atoms with van der Waals surface area (Å²) < 4.78 is 0. The molecule has 6 heteroatoms. The Bertz CT molecular complexity index is 1220. The molecular formula is C27H24N2O3S. The maximum atomic E-state index is 13.0. The quantitative estimate of drug-likeness (QED) is 0.259. The number of rotatable bonds is 8. The SMILES string of the molecule is O=C(NOCCSCc1ccc2ccccc2c1)N(C(=O)c1ccccc1)c1ccccc1. The van der Waals surface area contributed by atoms with Gasteiger partial charge in [0.15, 0.2) is 0 Å². The smallest absolute Gasteiger partial charge is 0.271 e. The van der Waals surface area contributed by atoms with Crippen molar-refractivity contribution in [2.24, 2.45) is 0 Å². The van der Waals surface area contributed by atoms with Gasteiger partial charge in [-0.15, -0.1) is 0 Å². The van der Waals surface area contributed by atoms with Crippen molar-refractivity contribution in [3.05, 3.63) is 114 Å². The maximum absolute atomic E-state index is 13.0. The molecule has 0 aliphatic heterocycles. The van der Waals surface area contributed by atoms with E-state index in [9.17, 15) is 9.59 Å². The van der Waals surface area contributed by atoms with E-state index in [0.717, 1.165) is 10.7 Å². The topological polar surface area (TPSA) is 58.6 Å². The number of hydroxylamine groups is 1. The van der Waals surface area contributed by atoms with Crippen LogP contribution in [-0.4, -0.2) is 24.3 Å². The number of nitrogens with one attached hydrogen (secondary N) is 1. The summed E-state index contributed by atoms with van der Waals surface area (Å²) in [5, 5.41) is 2.45. The zero-order valence-electron chi connectivity index (χ0n) is 18.0. The van der Waals surface area contributed by atoms with E-state index in [-0.39, 0.29) is 0 Å². The molecule has 0 bridgehead atoms. The predicted octanol–water partition coefficient (Wildman–Crippen LogP) is 6.06. The Morgan fingerprint density at radius 2 is 1.45 bits per heavy atom. The van der Waals surface area contributed by atoms with E-state index >= 15 is 0 Å². The number of nitrogens with zero attached hydrogens (tertiary/aromatic N) is 1. The van der Waals surface area contributed by atoms with Crippen LogP contribution in [0.3, 0.4) is 0 Å². The van der Waals surface area contributed by atoms with Crippen molar-refractivity contribution in [3.8, 4) is 0 Å². The third-order valence-corrected chi connectivity index (χ3v) is 6.01. The molecule has 33 heavy (non-hydrogen) atoms. The molecule has 0 aliphatic carbocycles. The first-order valence-electron chi connectivity index (χ1n) is 10.6. The minimum Gasteiger partial charge on any atom is -0.271 e. The third-order valence-electron chi connectivity index (χ3n) is 5.01.